The summed E-state index contributed by atoms with van der Waals surface area (Å²) in [6.45, 7) is 0. The number of benzene rings is 2. The van der Waals surface area contributed by atoms with E-state index in [1.54, 1.807) is 12.1 Å². The molecule has 19 heavy (non-hydrogen) atoms. The van der Waals surface area contributed by atoms with E-state index in [1.807, 2.05) is 0 Å². The molecule has 98 valence electrons. The molecule has 0 saturated heterocycles. The van der Waals surface area contributed by atoms with Gasteiger partial charge in [-0.25, -0.2) is 9.18 Å². The molecule has 0 bridgehead atoms. The third kappa shape index (κ3) is 3.24. The zero-order valence-electron chi connectivity index (χ0n) is 9.45. The molecule has 0 aliphatic rings. The number of hydrogen-bond acceptors (Lipinski definition) is 2. The number of carbonyl (C=O) groups is 1. The highest BCUT2D eigenvalue weighted by molar-refractivity contribution is 9.10. The van der Waals surface area contributed by atoms with E-state index in [0.717, 1.165) is 0 Å². The Bertz CT molecular complexity index is 649. The summed E-state index contributed by atoms with van der Waals surface area (Å²) >= 11 is 8.83. The first-order valence-electron chi connectivity index (χ1n) is 5.22. The number of carboxylic acids is 1. The predicted octanol–water partition coefficient (Wildman–Crippen LogP) is 4.68. The van der Waals surface area contributed by atoms with Crippen molar-refractivity contribution in [1.29, 1.82) is 0 Å². The van der Waals surface area contributed by atoms with Crippen molar-refractivity contribution in [1.82, 2.24) is 0 Å². The largest absolute Gasteiger partial charge is 0.478 e. The number of hydrogen-bond donors (Lipinski definition) is 2. The fourth-order valence-electron chi connectivity index (χ4n) is 1.53. The van der Waals surface area contributed by atoms with E-state index in [1.165, 1.54) is 24.3 Å². The van der Waals surface area contributed by atoms with Crippen LogP contribution in [0.4, 0.5) is 15.8 Å². The minimum Gasteiger partial charge on any atom is -0.478 e. The Labute approximate surface area is 122 Å². The Hall–Kier alpha value is -1.59. The van der Waals surface area contributed by atoms with E-state index in [4.69, 9.17) is 16.7 Å². The quantitative estimate of drug-likeness (QED) is 0.849. The summed E-state index contributed by atoms with van der Waals surface area (Å²) < 4.78 is 13.4. The van der Waals surface area contributed by atoms with Crippen LogP contribution in [0.15, 0.2) is 40.9 Å². The van der Waals surface area contributed by atoms with Crippen LogP contribution in [0.25, 0.3) is 0 Å². The third-order valence-electron chi connectivity index (χ3n) is 2.41. The molecule has 0 amide bonds. The fraction of sp³-hybridized carbons (Fsp3) is 0. The molecule has 0 spiro atoms. The molecule has 2 rings (SSSR count). The summed E-state index contributed by atoms with van der Waals surface area (Å²) in [4.78, 5) is 11.1. The Kier molecular flexibility index (Phi) is 4.07. The molecule has 2 aromatic carbocycles. The lowest BCUT2D eigenvalue weighted by atomic mass is 10.1. The van der Waals surface area contributed by atoms with Crippen molar-refractivity contribution in [3.8, 4) is 0 Å². The second-order valence-corrected chi connectivity index (χ2v) is 5.04. The zero-order chi connectivity index (χ0) is 14.0. The molecule has 3 nitrogen and oxygen atoms in total. The van der Waals surface area contributed by atoms with E-state index in [-0.39, 0.29) is 11.4 Å². The summed E-state index contributed by atoms with van der Waals surface area (Å²) in [5, 5.41) is 12.3. The zero-order valence-corrected chi connectivity index (χ0v) is 11.8. The van der Waals surface area contributed by atoms with Crippen LogP contribution in [0.2, 0.25) is 5.02 Å². The molecule has 2 N–H and O–H groups in total. The lowest BCUT2D eigenvalue weighted by Gasteiger charge is -2.10. The Morgan fingerprint density at radius 2 is 2.00 bits per heavy atom. The molecule has 0 atom stereocenters. The predicted molar refractivity (Wildman–Crippen MR) is 75.8 cm³/mol. The van der Waals surface area contributed by atoms with Crippen molar-refractivity contribution < 1.29 is 14.3 Å². The second kappa shape index (κ2) is 5.59. The lowest BCUT2D eigenvalue weighted by molar-refractivity contribution is 0.0698. The van der Waals surface area contributed by atoms with Crippen molar-refractivity contribution in [2.75, 3.05) is 5.32 Å². The molecule has 0 aliphatic heterocycles. The standard InChI is InChI=1S/C13H8BrClFNO2/c14-10-6-8(2-3-11(10)16)17-12-4-1-7(15)5-9(12)13(18)19/h1-6,17H,(H,18,19). The SMILES string of the molecule is O=C(O)c1cc(Cl)ccc1Nc1ccc(F)c(Br)c1. The molecule has 6 heteroatoms. The highest BCUT2D eigenvalue weighted by atomic mass is 79.9. The van der Waals surface area contributed by atoms with Crippen molar-refractivity contribution in [2.24, 2.45) is 0 Å². The molecule has 0 aromatic heterocycles. The second-order valence-electron chi connectivity index (χ2n) is 3.75. The minimum atomic E-state index is -1.09. The maximum absolute atomic E-state index is 13.1. The average molecular weight is 345 g/mol. The average Bonchev–Trinajstić information content (AvgIpc) is 2.36. The van der Waals surface area contributed by atoms with E-state index in [0.29, 0.717) is 20.9 Å². The van der Waals surface area contributed by atoms with Gasteiger partial charge in [0.25, 0.3) is 0 Å². The van der Waals surface area contributed by atoms with Crippen molar-refractivity contribution in [2.45, 2.75) is 0 Å². The van der Waals surface area contributed by atoms with E-state index in [9.17, 15) is 9.18 Å². The van der Waals surface area contributed by atoms with Crippen LogP contribution >= 0.6 is 27.5 Å². The van der Waals surface area contributed by atoms with Gasteiger partial charge in [0, 0.05) is 10.7 Å². The number of rotatable bonds is 3. The van der Waals surface area contributed by atoms with Gasteiger partial charge >= 0.3 is 5.97 Å². The summed E-state index contributed by atoms with van der Waals surface area (Å²) in [5.41, 5.74) is 1.00. The number of aromatic carboxylic acids is 1. The maximum Gasteiger partial charge on any atom is 0.337 e. The van der Waals surface area contributed by atoms with E-state index in [2.05, 4.69) is 21.2 Å². The molecular weight excluding hydrogens is 337 g/mol. The van der Waals surface area contributed by atoms with Crippen LogP contribution in [0.5, 0.6) is 0 Å². The van der Waals surface area contributed by atoms with E-state index < -0.39 is 5.97 Å². The first-order valence-corrected chi connectivity index (χ1v) is 6.39. The van der Waals surface area contributed by atoms with Crippen LogP contribution in [-0.4, -0.2) is 11.1 Å². The van der Waals surface area contributed by atoms with Crippen LogP contribution < -0.4 is 5.32 Å². The molecule has 0 fully saturated rings. The fourth-order valence-corrected chi connectivity index (χ4v) is 2.08. The van der Waals surface area contributed by atoms with Gasteiger partial charge in [-0.05, 0) is 52.3 Å². The number of nitrogens with one attached hydrogen (secondary N) is 1. The Morgan fingerprint density at radius 3 is 2.63 bits per heavy atom. The van der Waals surface area contributed by atoms with Crippen molar-refractivity contribution in [3.05, 3.63) is 57.3 Å². The normalized spacial score (nSPS) is 10.3. The number of halogens is 3. The minimum absolute atomic E-state index is 0.0490. The monoisotopic (exact) mass is 343 g/mol. The Balaban J connectivity index is 2.37. The smallest absolute Gasteiger partial charge is 0.337 e. The molecule has 0 aliphatic carbocycles. The molecule has 2 aromatic rings. The highest BCUT2D eigenvalue weighted by Gasteiger charge is 2.11. The Morgan fingerprint density at radius 1 is 1.26 bits per heavy atom. The van der Waals surface area contributed by atoms with Gasteiger partial charge in [-0.15, -0.1) is 0 Å². The van der Waals surface area contributed by atoms with Crippen LogP contribution in [0, 0.1) is 5.82 Å². The van der Waals surface area contributed by atoms with E-state index >= 15 is 0 Å². The van der Waals surface area contributed by atoms with Gasteiger partial charge in [0.05, 0.1) is 15.7 Å². The van der Waals surface area contributed by atoms with Crippen LogP contribution in [-0.2, 0) is 0 Å². The molecule has 0 radical (unpaired) electrons. The topological polar surface area (TPSA) is 49.3 Å². The van der Waals surface area contributed by atoms with Crippen molar-refractivity contribution in [3.63, 3.8) is 0 Å². The summed E-state index contributed by atoms with van der Waals surface area (Å²) in [5.74, 6) is -1.48. The van der Waals surface area contributed by atoms with Crippen LogP contribution in [0.3, 0.4) is 0 Å². The van der Waals surface area contributed by atoms with Gasteiger partial charge in [0.1, 0.15) is 5.82 Å². The van der Waals surface area contributed by atoms with Gasteiger partial charge in [-0.1, -0.05) is 11.6 Å². The lowest BCUT2D eigenvalue weighted by Crippen LogP contribution is -2.02. The summed E-state index contributed by atoms with van der Waals surface area (Å²) in [6, 6.07) is 8.81. The molecular formula is C13H8BrClFNO2. The number of carboxylic acid groups (broad SMARTS) is 1. The van der Waals surface area contributed by atoms with Crippen LogP contribution in [0.1, 0.15) is 10.4 Å². The highest BCUT2D eigenvalue weighted by Crippen LogP contribution is 2.27. The van der Waals surface area contributed by atoms with Gasteiger partial charge < -0.3 is 10.4 Å². The van der Waals surface area contributed by atoms with Gasteiger partial charge in [-0.2, -0.15) is 0 Å². The molecule has 0 saturated carbocycles. The first-order chi connectivity index (χ1) is 8.97. The summed E-state index contributed by atoms with van der Waals surface area (Å²) in [7, 11) is 0. The first kappa shape index (κ1) is 13.8. The van der Waals surface area contributed by atoms with Gasteiger partial charge in [0.15, 0.2) is 0 Å². The third-order valence-corrected chi connectivity index (χ3v) is 3.25. The maximum atomic E-state index is 13.1. The van der Waals surface area contributed by atoms with Gasteiger partial charge in [-0.3, -0.25) is 0 Å². The van der Waals surface area contributed by atoms with Gasteiger partial charge in [0.2, 0.25) is 0 Å². The molecule has 0 unspecified atom stereocenters. The summed E-state index contributed by atoms with van der Waals surface area (Å²) in [6.07, 6.45) is 0. The number of anilines is 2. The molecule has 0 heterocycles. The van der Waals surface area contributed by atoms with Crippen molar-refractivity contribution >= 4 is 44.9 Å².